The molecule has 1 aromatic heterocycles. The Morgan fingerprint density at radius 3 is 2.80 bits per heavy atom. The van der Waals surface area contributed by atoms with E-state index in [9.17, 15) is 0 Å². The molecule has 1 aliphatic rings. The van der Waals surface area contributed by atoms with Crippen molar-refractivity contribution in [2.75, 3.05) is 19.6 Å². The summed E-state index contributed by atoms with van der Waals surface area (Å²) in [6.45, 7) is 7.98. The standard InChI is InChI=1S/C13H18N2/c1-11(2)8-15-9-12(10-15)7-13-5-3-4-6-14-13/h3-7,11H,8-10H2,1-2H3. The molecule has 0 bridgehead atoms. The van der Waals surface area contributed by atoms with Crippen LogP contribution in [0.1, 0.15) is 19.5 Å². The van der Waals surface area contributed by atoms with E-state index in [1.165, 1.54) is 12.1 Å². The summed E-state index contributed by atoms with van der Waals surface area (Å²) < 4.78 is 0. The molecule has 80 valence electrons. The second-order valence-electron chi connectivity index (χ2n) is 4.62. The van der Waals surface area contributed by atoms with Gasteiger partial charge in [-0.15, -0.1) is 0 Å². The molecule has 0 N–H and O–H groups in total. The van der Waals surface area contributed by atoms with Crippen LogP contribution in [0.3, 0.4) is 0 Å². The van der Waals surface area contributed by atoms with Gasteiger partial charge in [-0.3, -0.25) is 9.88 Å². The Morgan fingerprint density at radius 1 is 1.40 bits per heavy atom. The average Bonchev–Trinajstić information content (AvgIpc) is 2.15. The number of hydrogen-bond acceptors (Lipinski definition) is 2. The van der Waals surface area contributed by atoms with Gasteiger partial charge in [0, 0.05) is 25.8 Å². The first kappa shape index (κ1) is 10.4. The van der Waals surface area contributed by atoms with Crippen molar-refractivity contribution >= 4 is 6.08 Å². The molecule has 1 aromatic rings. The molecule has 0 unspecified atom stereocenters. The summed E-state index contributed by atoms with van der Waals surface area (Å²) in [7, 11) is 0. The third kappa shape index (κ3) is 2.90. The molecule has 0 radical (unpaired) electrons. The molecule has 2 nitrogen and oxygen atoms in total. The van der Waals surface area contributed by atoms with Crippen molar-refractivity contribution in [2.45, 2.75) is 13.8 Å². The Kier molecular flexibility index (Phi) is 3.17. The fourth-order valence-electron chi connectivity index (χ4n) is 1.94. The van der Waals surface area contributed by atoms with Gasteiger partial charge in [-0.25, -0.2) is 0 Å². The van der Waals surface area contributed by atoms with Crippen LogP contribution in [0.5, 0.6) is 0 Å². The lowest BCUT2D eigenvalue weighted by Gasteiger charge is -2.35. The molecule has 2 rings (SSSR count). The van der Waals surface area contributed by atoms with Crippen molar-refractivity contribution in [3.05, 3.63) is 35.7 Å². The maximum atomic E-state index is 4.29. The highest BCUT2D eigenvalue weighted by molar-refractivity contribution is 5.51. The molecule has 1 fully saturated rings. The van der Waals surface area contributed by atoms with Crippen LogP contribution in [0.2, 0.25) is 0 Å². The fraction of sp³-hybridized carbons (Fsp3) is 0.462. The van der Waals surface area contributed by atoms with Crippen LogP contribution in [0.15, 0.2) is 30.0 Å². The molecule has 0 aliphatic carbocycles. The number of pyridine rings is 1. The zero-order chi connectivity index (χ0) is 10.7. The van der Waals surface area contributed by atoms with E-state index < -0.39 is 0 Å². The van der Waals surface area contributed by atoms with Crippen LogP contribution < -0.4 is 0 Å². The van der Waals surface area contributed by atoms with E-state index in [4.69, 9.17) is 0 Å². The lowest BCUT2D eigenvalue weighted by atomic mass is 10.0. The topological polar surface area (TPSA) is 16.1 Å². The quantitative estimate of drug-likeness (QED) is 0.748. The van der Waals surface area contributed by atoms with Crippen molar-refractivity contribution in [3.63, 3.8) is 0 Å². The summed E-state index contributed by atoms with van der Waals surface area (Å²) in [5, 5.41) is 0. The van der Waals surface area contributed by atoms with Crippen LogP contribution in [0, 0.1) is 5.92 Å². The molecule has 0 aromatic carbocycles. The first-order chi connectivity index (χ1) is 7.24. The van der Waals surface area contributed by atoms with Gasteiger partial charge in [0.15, 0.2) is 0 Å². The Labute approximate surface area is 91.6 Å². The number of aromatic nitrogens is 1. The third-order valence-electron chi connectivity index (χ3n) is 2.52. The third-order valence-corrected chi connectivity index (χ3v) is 2.52. The largest absolute Gasteiger partial charge is 0.295 e. The number of rotatable bonds is 3. The van der Waals surface area contributed by atoms with Gasteiger partial charge < -0.3 is 0 Å². The molecule has 2 heterocycles. The van der Waals surface area contributed by atoms with Crippen LogP contribution in [0.4, 0.5) is 0 Å². The molecule has 1 aliphatic heterocycles. The van der Waals surface area contributed by atoms with Gasteiger partial charge in [0.25, 0.3) is 0 Å². The highest BCUT2D eigenvalue weighted by Gasteiger charge is 2.20. The van der Waals surface area contributed by atoms with E-state index in [1.54, 1.807) is 0 Å². The van der Waals surface area contributed by atoms with E-state index in [-0.39, 0.29) is 0 Å². The van der Waals surface area contributed by atoms with Gasteiger partial charge in [0.2, 0.25) is 0 Å². The first-order valence-electron chi connectivity index (χ1n) is 5.57. The van der Waals surface area contributed by atoms with E-state index in [2.05, 4.69) is 35.9 Å². The average molecular weight is 202 g/mol. The van der Waals surface area contributed by atoms with Crippen molar-refractivity contribution in [3.8, 4) is 0 Å². The summed E-state index contributed by atoms with van der Waals surface area (Å²) in [6.07, 6.45) is 4.05. The zero-order valence-electron chi connectivity index (χ0n) is 9.48. The lowest BCUT2D eigenvalue weighted by Crippen LogP contribution is -2.41. The smallest absolute Gasteiger partial charge is 0.0630 e. The van der Waals surface area contributed by atoms with E-state index in [1.807, 2.05) is 18.3 Å². The summed E-state index contributed by atoms with van der Waals surface area (Å²) in [4.78, 5) is 6.76. The molecule has 0 atom stereocenters. The van der Waals surface area contributed by atoms with Crippen molar-refractivity contribution < 1.29 is 0 Å². The molecule has 0 spiro atoms. The summed E-state index contributed by atoms with van der Waals surface area (Å²) in [5.74, 6) is 0.765. The summed E-state index contributed by atoms with van der Waals surface area (Å²) in [5.41, 5.74) is 2.58. The first-order valence-corrected chi connectivity index (χ1v) is 5.57. The highest BCUT2D eigenvalue weighted by Crippen LogP contribution is 2.18. The van der Waals surface area contributed by atoms with Gasteiger partial charge >= 0.3 is 0 Å². The molecule has 15 heavy (non-hydrogen) atoms. The predicted octanol–water partition coefficient (Wildman–Crippen LogP) is 2.44. The Morgan fingerprint density at radius 2 is 2.20 bits per heavy atom. The van der Waals surface area contributed by atoms with Crippen LogP contribution in [-0.2, 0) is 0 Å². The van der Waals surface area contributed by atoms with Crippen molar-refractivity contribution in [1.82, 2.24) is 9.88 Å². The van der Waals surface area contributed by atoms with Gasteiger partial charge in [0.1, 0.15) is 0 Å². The van der Waals surface area contributed by atoms with Gasteiger partial charge in [-0.1, -0.05) is 19.9 Å². The van der Waals surface area contributed by atoms with Gasteiger partial charge in [0.05, 0.1) is 5.69 Å². The Bertz CT molecular complexity index is 333. The van der Waals surface area contributed by atoms with E-state index >= 15 is 0 Å². The van der Waals surface area contributed by atoms with Crippen LogP contribution in [-0.4, -0.2) is 29.5 Å². The minimum atomic E-state index is 0.765. The molecular weight excluding hydrogens is 184 g/mol. The Hall–Kier alpha value is -1.15. The van der Waals surface area contributed by atoms with Crippen LogP contribution >= 0.6 is 0 Å². The highest BCUT2D eigenvalue weighted by atomic mass is 15.2. The van der Waals surface area contributed by atoms with Crippen molar-refractivity contribution in [1.29, 1.82) is 0 Å². The van der Waals surface area contributed by atoms with E-state index in [0.29, 0.717) is 0 Å². The Balaban J connectivity index is 1.87. The number of hydrogen-bond donors (Lipinski definition) is 0. The molecule has 1 saturated heterocycles. The maximum Gasteiger partial charge on any atom is 0.0630 e. The minimum absolute atomic E-state index is 0.765. The zero-order valence-corrected chi connectivity index (χ0v) is 9.48. The summed E-state index contributed by atoms with van der Waals surface area (Å²) in [6, 6.07) is 6.04. The monoisotopic (exact) mass is 202 g/mol. The molecular formula is C13H18N2. The molecule has 0 saturated carbocycles. The van der Waals surface area contributed by atoms with E-state index in [0.717, 1.165) is 24.7 Å². The number of likely N-dealkylation sites (tertiary alicyclic amines) is 1. The second kappa shape index (κ2) is 4.58. The van der Waals surface area contributed by atoms with Gasteiger partial charge in [-0.05, 0) is 29.7 Å². The molecule has 2 heteroatoms. The lowest BCUT2D eigenvalue weighted by molar-refractivity contribution is 0.224. The van der Waals surface area contributed by atoms with Crippen LogP contribution in [0.25, 0.3) is 6.08 Å². The SMILES string of the molecule is CC(C)CN1CC(=Cc2ccccn2)C1. The predicted molar refractivity (Wildman–Crippen MR) is 63.5 cm³/mol. The second-order valence-corrected chi connectivity index (χ2v) is 4.62. The maximum absolute atomic E-state index is 4.29. The molecule has 0 amide bonds. The number of nitrogens with zero attached hydrogens (tertiary/aromatic N) is 2. The summed E-state index contributed by atoms with van der Waals surface area (Å²) >= 11 is 0. The normalized spacial score (nSPS) is 16.6. The minimum Gasteiger partial charge on any atom is -0.295 e. The van der Waals surface area contributed by atoms with Gasteiger partial charge in [-0.2, -0.15) is 0 Å². The van der Waals surface area contributed by atoms with Crippen molar-refractivity contribution in [2.24, 2.45) is 5.92 Å². The fourth-order valence-corrected chi connectivity index (χ4v) is 1.94.